The number of carbonyl (C=O) groups is 1. The second-order valence-electron chi connectivity index (χ2n) is 7.44. The number of hydrogen-bond donors (Lipinski definition) is 0. The maximum absolute atomic E-state index is 13.1. The van der Waals surface area contributed by atoms with Crippen molar-refractivity contribution in [2.75, 3.05) is 19.8 Å². The van der Waals surface area contributed by atoms with E-state index in [2.05, 4.69) is 0 Å². The van der Waals surface area contributed by atoms with Crippen LogP contribution in [0, 0.1) is 5.92 Å². The fraction of sp³-hybridized carbons (Fsp3) is 0.550. The quantitative estimate of drug-likeness (QED) is 0.857. The first-order valence-corrected chi connectivity index (χ1v) is 9.32. The highest BCUT2D eigenvalue weighted by Gasteiger charge is 2.45. The van der Waals surface area contributed by atoms with Gasteiger partial charge in [-0.05, 0) is 43.7 Å². The molecular weight excluding hydrogens is 318 g/mol. The summed E-state index contributed by atoms with van der Waals surface area (Å²) in [6.45, 7) is 1.96. The lowest BCUT2D eigenvalue weighted by Gasteiger charge is -2.30. The first-order valence-electron chi connectivity index (χ1n) is 9.32. The molecule has 2 aliphatic carbocycles. The molecule has 2 bridgehead atoms. The van der Waals surface area contributed by atoms with Gasteiger partial charge in [-0.1, -0.05) is 18.2 Å². The van der Waals surface area contributed by atoms with Gasteiger partial charge in [0.15, 0.2) is 5.76 Å². The number of para-hydroxylation sites is 1. The second-order valence-corrected chi connectivity index (χ2v) is 7.44. The summed E-state index contributed by atoms with van der Waals surface area (Å²) in [7, 11) is 0. The molecule has 1 aromatic carbocycles. The largest absolute Gasteiger partial charge is 0.451 e. The summed E-state index contributed by atoms with van der Waals surface area (Å²) < 4.78 is 18.0. The van der Waals surface area contributed by atoms with Crippen molar-refractivity contribution in [1.82, 2.24) is 4.90 Å². The number of ether oxygens (including phenoxy) is 2. The van der Waals surface area contributed by atoms with Crippen LogP contribution < -0.4 is 0 Å². The van der Waals surface area contributed by atoms with Gasteiger partial charge in [0, 0.05) is 18.5 Å². The Labute approximate surface area is 146 Å². The molecule has 0 unspecified atom stereocenters. The molecule has 5 heteroatoms. The van der Waals surface area contributed by atoms with E-state index in [0.29, 0.717) is 24.8 Å². The highest BCUT2D eigenvalue weighted by molar-refractivity contribution is 5.96. The van der Waals surface area contributed by atoms with Crippen LogP contribution in [0.2, 0.25) is 0 Å². The van der Waals surface area contributed by atoms with Crippen LogP contribution in [0.1, 0.15) is 36.2 Å². The van der Waals surface area contributed by atoms with Crippen LogP contribution in [0.15, 0.2) is 34.7 Å². The van der Waals surface area contributed by atoms with E-state index < -0.39 is 0 Å². The third-order valence-corrected chi connectivity index (χ3v) is 5.68. The van der Waals surface area contributed by atoms with Crippen LogP contribution >= 0.6 is 0 Å². The van der Waals surface area contributed by atoms with Crippen LogP contribution in [0.4, 0.5) is 0 Å². The van der Waals surface area contributed by atoms with Crippen LogP contribution in [0.3, 0.4) is 0 Å². The molecule has 3 aliphatic rings. The van der Waals surface area contributed by atoms with Crippen molar-refractivity contribution in [3.63, 3.8) is 0 Å². The molecule has 3 atom stereocenters. The lowest BCUT2D eigenvalue weighted by Crippen LogP contribution is -2.46. The van der Waals surface area contributed by atoms with E-state index in [1.54, 1.807) is 0 Å². The minimum absolute atomic E-state index is 0.00331. The molecule has 1 aromatic heterocycles. The van der Waals surface area contributed by atoms with Crippen molar-refractivity contribution in [3.05, 3.63) is 36.1 Å². The van der Waals surface area contributed by atoms with Crippen molar-refractivity contribution in [3.8, 4) is 0 Å². The van der Waals surface area contributed by atoms with Crippen molar-refractivity contribution >= 4 is 16.9 Å². The van der Waals surface area contributed by atoms with E-state index in [4.69, 9.17) is 13.9 Å². The first-order chi connectivity index (χ1) is 12.3. The van der Waals surface area contributed by atoms with Crippen LogP contribution in [-0.2, 0) is 9.47 Å². The zero-order valence-electron chi connectivity index (χ0n) is 14.2. The summed E-state index contributed by atoms with van der Waals surface area (Å²) in [5.74, 6) is 1.07. The lowest BCUT2D eigenvalue weighted by molar-refractivity contribution is -0.0557. The van der Waals surface area contributed by atoms with Gasteiger partial charge in [-0.25, -0.2) is 0 Å². The molecule has 1 amide bonds. The van der Waals surface area contributed by atoms with E-state index in [-0.39, 0.29) is 24.2 Å². The molecule has 2 heterocycles. The van der Waals surface area contributed by atoms with Gasteiger partial charge in [-0.3, -0.25) is 4.79 Å². The fourth-order valence-corrected chi connectivity index (χ4v) is 4.12. The highest BCUT2D eigenvalue weighted by Crippen LogP contribution is 2.36. The Bertz CT molecular complexity index is 748. The molecule has 0 radical (unpaired) electrons. The molecular formula is C20H23NO4. The Morgan fingerprint density at radius 2 is 2.08 bits per heavy atom. The molecule has 0 N–H and O–H groups in total. The minimum atomic E-state index is -0.0487. The van der Waals surface area contributed by atoms with E-state index in [1.807, 2.05) is 35.2 Å². The predicted octanol–water partition coefficient (Wildman–Crippen LogP) is 3.23. The van der Waals surface area contributed by atoms with Crippen molar-refractivity contribution in [2.24, 2.45) is 5.92 Å². The Balaban J connectivity index is 1.39. The lowest BCUT2D eigenvalue weighted by atomic mass is 10.1. The van der Waals surface area contributed by atoms with Gasteiger partial charge in [0.25, 0.3) is 5.91 Å². The zero-order chi connectivity index (χ0) is 16.8. The monoisotopic (exact) mass is 341 g/mol. The molecule has 1 saturated heterocycles. The van der Waals surface area contributed by atoms with Gasteiger partial charge >= 0.3 is 0 Å². The Hall–Kier alpha value is -1.85. The van der Waals surface area contributed by atoms with Gasteiger partial charge in [0.2, 0.25) is 0 Å². The van der Waals surface area contributed by atoms with Gasteiger partial charge in [-0.2, -0.15) is 0 Å². The molecule has 1 aliphatic heterocycles. The number of amides is 1. The van der Waals surface area contributed by atoms with Gasteiger partial charge in [0.05, 0.1) is 18.8 Å². The summed E-state index contributed by atoms with van der Waals surface area (Å²) in [4.78, 5) is 15.0. The number of benzene rings is 1. The Kier molecular flexibility index (Phi) is 3.79. The molecule has 2 saturated carbocycles. The SMILES string of the molecule is O=C(c1cc2ccccc2o1)N1CCO[C@H]2CC[C@H]1[C@H]2OCC1CC1. The molecule has 5 nitrogen and oxygen atoms in total. The average molecular weight is 341 g/mol. The minimum Gasteiger partial charge on any atom is -0.451 e. The van der Waals surface area contributed by atoms with Crippen LogP contribution in [0.5, 0.6) is 0 Å². The molecule has 0 spiro atoms. The summed E-state index contributed by atoms with van der Waals surface area (Å²) in [5, 5.41) is 0.961. The summed E-state index contributed by atoms with van der Waals surface area (Å²) in [6.07, 6.45) is 4.55. The summed E-state index contributed by atoms with van der Waals surface area (Å²) >= 11 is 0. The number of fused-ring (bicyclic) bond motifs is 3. The van der Waals surface area contributed by atoms with Crippen molar-refractivity contribution in [2.45, 2.75) is 43.9 Å². The predicted molar refractivity (Wildman–Crippen MR) is 92.5 cm³/mol. The second kappa shape index (κ2) is 6.15. The number of hydrogen-bond acceptors (Lipinski definition) is 4. The number of furan rings is 1. The van der Waals surface area contributed by atoms with Gasteiger partial charge < -0.3 is 18.8 Å². The number of carbonyl (C=O) groups excluding carboxylic acids is 1. The van der Waals surface area contributed by atoms with E-state index in [9.17, 15) is 4.79 Å². The molecule has 132 valence electrons. The molecule has 2 aromatic rings. The first kappa shape index (κ1) is 15.4. The van der Waals surface area contributed by atoms with Gasteiger partial charge in [0.1, 0.15) is 11.7 Å². The standard InChI is InChI=1S/C20H23NO4/c22-20(18-11-14-3-1-2-4-16(14)25-18)21-9-10-23-17-8-7-15(21)19(17)24-12-13-5-6-13/h1-4,11,13,15,17,19H,5-10,12H2/t15-,17-,19+/m0/s1. The third-order valence-electron chi connectivity index (χ3n) is 5.68. The van der Waals surface area contributed by atoms with E-state index in [0.717, 1.165) is 30.4 Å². The van der Waals surface area contributed by atoms with Crippen molar-refractivity contribution in [1.29, 1.82) is 0 Å². The van der Waals surface area contributed by atoms with E-state index in [1.165, 1.54) is 12.8 Å². The van der Waals surface area contributed by atoms with Crippen LogP contribution in [-0.4, -0.2) is 48.8 Å². The Morgan fingerprint density at radius 1 is 1.20 bits per heavy atom. The third kappa shape index (κ3) is 2.85. The summed E-state index contributed by atoms with van der Waals surface area (Å²) in [6, 6.07) is 9.67. The molecule has 25 heavy (non-hydrogen) atoms. The van der Waals surface area contributed by atoms with Crippen LogP contribution in [0.25, 0.3) is 11.0 Å². The Morgan fingerprint density at radius 3 is 2.92 bits per heavy atom. The van der Waals surface area contributed by atoms with Crippen molar-refractivity contribution < 1.29 is 18.7 Å². The topological polar surface area (TPSA) is 51.9 Å². The maximum atomic E-state index is 13.1. The molecule has 5 rings (SSSR count). The highest BCUT2D eigenvalue weighted by atomic mass is 16.5. The summed E-state index contributed by atoms with van der Waals surface area (Å²) in [5.41, 5.74) is 0.753. The molecule has 3 fully saturated rings. The van der Waals surface area contributed by atoms with Gasteiger partial charge in [-0.15, -0.1) is 0 Å². The normalized spacial score (nSPS) is 29.1. The number of nitrogens with zero attached hydrogens (tertiary/aromatic N) is 1. The average Bonchev–Trinajstić information content (AvgIpc) is 3.24. The smallest absolute Gasteiger partial charge is 0.290 e. The van der Waals surface area contributed by atoms with E-state index >= 15 is 0 Å². The maximum Gasteiger partial charge on any atom is 0.290 e. The zero-order valence-corrected chi connectivity index (χ0v) is 14.2. The number of rotatable bonds is 4. The fourth-order valence-electron chi connectivity index (χ4n) is 4.12.